The average Bonchev–Trinajstić information content (AvgIpc) is 2.73. The van der Waals surface area contributed by atoms with Crippen LogP contribution >= 0.6 is 59.2 Å². The Hall–Kier alpha value is -1.59. The van der Waals surface area contributed by atoms with E-state index in [0.29, 0.717) is 16.7 Å². The van der Waals surface area contributed by atoms with Crippen LogP contribution in [0.4, 0.5) is 26.3 Å². The summed E-state index contributed by atoms with van der Waals surface area (Å²) in [6.07, 6.45) is -6.73. The highest BCUT2D eigenvalue weighted by atomic mass is 35.5. The van der Waals surface area contributed by atoms with Crippen molar-refractivity contribution in [2.45, 2.75) is 25.2 Å². The zero-order valence-corrected chi connectivity index (χ0v) is 21.7. The SMILES string of the molecule is Cc1cc(/C=C/C(c2cc(Cl)c(Cl)c(Cl)c2)C(F)(F)F)ccc1C(=S)NCC(=S)NCC(F)(F)F. The molecule has 0 aliphatic carbocycles. The van der Waals surface area contributed by atoms with Crippen LogP contribution in [0.5, 0.6) is 0 Å². The summed E-state index contributed by atoms with van der Waals surface area (Å²) in [6, 6.07) is 7.00. The molecule has 35 heavy (non-hydrogen) atoms. The fraction of sp³-hybridized carbons (Fsp3) is 0.273. The Kier molecular flexibility index (Phi) is 10.2. The van der Waals surface area contributed by atoms with Gasteiger partial charge in [0, 0.05) is 5.56 Å². The minimum absolute atomic E-state index is 0.0327. The molecule has 0 amide bonds. The molecule has 0 aliphatic heterocycles. The predicted molar refractivity (Wildman–Crippen MR) is 137 cm³/mol. The Morgan fingerprint density at radius 3 is 2.09 bits per heavy atom. The van der Waals surface area contributed by atoms with Gasteiger partial charge >= 0.3 is 12.4 Å². The van der Waals surface area contributed by atoms with Crippen molar-refractivity contribution in [3.8, 4) is 0 Å². The number of benzene rings is 2. The molecule has 1 unspecified atom stereocenters. The van der Waals surface area contributed by atoms with Crippen LogP contribution in [0.2, 0.25) is 15.1 Å². The summed E-state index contributed by atoms with van der Waals surface area (Å²) in [5, 5.41) is 4.62. The molecule has 2 rings (SSSR count). The van der Waals surface area contributed by atoms with Crippen LogP contribution in [0.25, 0.3) is 6.08 Å². The van der Waals surface area contributed by atoms with Gasteiger partial charge in [-0.05, 0) is 35.7 Å². The smallest absolute Gasteiger partial charge is 0.369 e. The van der Waals surface area contributed by atoms with E-state index in [9.17, 15) is 26.3 Å². The lowest BCUT2D eigenvalue weighted by Gasteiger charge is -2.18. The summed E-state index contributed by atoms with van der Waals surface area (Å²) in [6.45, 7) is 0.333. The lowest BCUT2D eigenvalue weighted by Crippen LogP contribution is -2.39. The van der Waals surface area contributed by atoms with Gasteiger partial charge in [-0.15, -0.1) is 0 Å². The van der Waals surface area contributed by atoms with Gasteiger partial charge in [0.05, 0.1) is 32.5 Å². The first-order valence-corrected chi connectivity index (χ1v) is 11.6. The molecule has 2 N–H and O–H groups in total. The van der Waals surface area contributed by atoms with Gasteiger partial charge in [0.1, 0.15) is 11.5 Å². The van der Waals surface area contributed by atoms with Crippen molar-refractivity contribution in [3.63, 3.8) is 0 Å². The topological polar surface area (TPSA) is 24.1 Å². The Bertz CT molecular complexity index is 1110. The maximum atomic E-state index is 13.7. The van der Waals surface area contributed by atoms with Gasteiger partial charge in [0.25, 0.3) is 0 Å². The van der Waals surface area contributed by atoms with E-state index in [4.69, 9.17) is 59.2 Å². The summed E-state index contributed by atoms with van der Waals surface area (Å²) in [5.41, 5.74) is 1.50. The highest BCUT2D eigenvalue weighted by Gasteiger charge is 2.39. The van der Waals surface area contributed by atoms with E-state index >= 15 is 0 Å². The van der Waals surface area contributed by atoms with E-state index in [1.807, 2.05) is 0 Å². The van der Waals surface area contributed by atoms with E-state index in [1.54, 1.807) is 25.1 Å². The van der Waals surface area contributed by atoms with Crippen molar-refractivity contribution in [1.82, 2.24) is 10.6 Å². The molecule has 190 valence electrons. The molecule has 2 aromatic rings. The number of rotatable bonds is 7. The molecular weight excluding hydrogens is 577 g/mol. The number of nitrogens with one attached hydrogen (secondary N) is 2. The predicted octanol–water partition coefficient (Wildman–Crippen LogP) is 8.06. The molecular formula is C22H17Cl3F6N2S2. The lowest BCUT2D eigenvalue weighted by molar-refractivity contribution is -0.139. The molecule has 1 atom stereocenters. The molecule has 0 spiro atoms. The van der Waals surface area contributed by atoms with Gasteiger partial charge in [-0.2, -0.15) is 26.3 Å². The maximum absolute atomic E-state index is 13.7. The van der Waals surface area contributed by atoms with Crippen LogP contribution in [0.1, 0.15) is 28.2 Å². The normalized spacial score (nSPS) is 13.1. The number of hydrogen-bond donors (Lipinski definition) is 2. The van der Waals surface area contributed by atoms with Gasteiger partial charge in [0.2, 0.25) is 0 Å². The fourth-order valence-corrected chi connectivity index (χ4v) is 3.99. The summed E-state index contributed by atoms with van der Waals surface area (Å²) in [5.74, 6) is -1.98. The molecule has 0 radical (unpaired) electrons. The second-order valence-corrected chi connectivity index (χ2v) is 9.42. The second-order valence-electron chi connectivity index (χ2n) is 7.33. The summed E-state index contributed by atoms with van der Waals surface area (Å²) in [7, 11) is 0. The number of halogens is 9. The van der Waals surface area contributed by atoms with Crippen molar-refractivity contribution >= 4 is 75.3 Å². The van der Waals surface area contributed by atoms with Crippen molar-refractivity contribution in [2.75, 3.05) is 13.1 Å². The number of allylic oxidation sites excluding steroid dienone is 1. The number of alkyl halides is 6. The molecule has 0 aromatic heterocycles. The summed E-state index contributed by atoms with van der Waals surface area (Å²) >= 11 is 27.7. The van der Waals surface area contributed by atoms with Crippen LogP contribution in [-0.2, 0) is 0 Å². The first kappa shape index (κ1) is 29.6. The van der Waals surface area contributed by atoms with E-state index in [1.165, 1.54) is 6.08 Å². The van der Waals surface area contributed by atoms with Crippen LogP contribution in [-0.4, -0.2) is 35.4 Å². The van der Waals surface area contributed by atoms with E-state index in [-0.39, 0.29) is 37.2 Å². The molecule has 0 saturated carbocycles. The Morgan fingerprint density at radius 2 is 1.57 bits per heavy atom. The zero-order chi connectivity index (χ0) is 26.6. The zero-order valence-electron chi connectivity index (χ0n) is 17.8. The van der Waals surface area contributed by atoms with Crippen molar-refractivity contribution in [2.24, 2.45) is 0 Å². The van der Waals surface area contributed by atoms with E-state index in [2.05, 4.69) is 10.6 Å². The average molecular weight is 594 g/mol. The number of hydrogen-bond acceptors (Lipinski definition) is 2. The highest BCUT2D eigenvalue weighted by Crippen LogP contribution is 2.41. The molecule has 2 nitrogen and oxygen atoms in total. The third kappa shape index (κ3) is 9.09. The summed E-state index contributed by atoms with van der Waals surface area (Å²) in [4.78, 5) is 0.162. The fourth-order valence-electron chi connectivity index (χ4n) is 2.93. The highest BCUT2D eigenvalue weighted by molar-refractivity contribution is 7.81. The van der Waals surface area contributed by atoms with Gasteiger partial charge < -0.3 is 10.6 Å². The van der Waals surface area contributed by atoms with Crippen molar-refractivity contribution in [1.29, 1.82) is 0 Å². The number of thiocarbonyl (C=S) groups is 2. The monoisotopic (exact) mass is 592 g/mol. The van der Waals surface area contributed by atoms with Crippen LogP contribution < -0.4 is 10.6 Å². The minimum atomic E-state index is -4.62. The molecule has 0 heterocycles. The first-order valence-electron chi connectivity index (χ1n) is 9.70. The van der Waals surface area contributed by atoms with Crippen LogP contribution in [0, 0.1) is 6.92 Å². The van der Waals surface area contributed by atoms with Gasteiger partial charge in [-0.25, -0.2) is 0 Å². The Balaban J connectivity index is 2.15. The third-order valence-electron chi connectivity index (χ3n) is 4.59. The van der Waals surface area contributed by atoms with Gasteiger partial charge in [-0.3, -0.25) is 0 Å². The molecule has 0 aliphatic rings. The van der Waals surface area contributed by atoms with E-state index < -0.39 is 24.8 Å². The lowest BCUT2D eigenvalue weighted by atomic mass is 9.96. The third-order valence-corrected chi connectivity index (χ3v) is 6.44. The standard InChI is InChI=1S/C22H17Cl3F6N2S2/c1-11-6-12(2-4-14(11)20(35)32-9-18(34)33-10-21(26,27)28)3-5-15(22(29,30)31)13-7-16(23)19(25)17(24)8-13/h2-8,15H,9-10H2,1H3,(H,32,35)(H,33,34)/b5-3+. The molecule has 2 aromatic carbocycles. The summed E-state index contributed by atoms with van der Waals surface area (Å²) < 4.78 is 77.9. The largest absolute Gasteiger partial charge is 0.405 e. The van der Waals surface area contributed by atoms with Crippen LogP contribution in [0.15, 0.2) is 36.4 Å². The Morgan fingerprint density at radius 1 is 0.971 bits per heavy atom. The quantitative estimate of drug-likeness (QED) is 0.193. The van der Waals surface area contributed by atoms with Crippen LogP contribution in [0.3, 0.4) is 0 Å². The van der Waals surface area contributed by atoms with Crippen molar-refractivity contribution in [3.05, 3.63) is 73.7 Å². The molecule has 0 bridgehead atoms. The van der Waals surface area contributed by atoms with Gasteiger partial charge in [0.15, 0.2) is 0 Å². The maximum Gasteiger partial charge on any atom is 0.405 e. The first-order chi connectivity index (χ1) is 16.1. The molecule has 0 fully saturated rings. The van der Waals surface area contributed by atoms with Crippen molar-refractivity contribution < 1.29 is 26.3 Å². The van der Waals surface area contributed by atoms with Gasteiger partial charge in [-0.1, -0.05) is 89.6 Å². The Labute approximate surface area is 223 Å². The number of aryl methyl sites for hydroxylation is 1. The molecule has 0 saturated heterocycles. The molecule has 13 heteroatoms. The minimum Gasteiger partial charge on any atom is -0.369 e. The van der Waals surface area contributed by atoms with E-state index in [0.717, 1.165) is 18.2 Å². The second kappa shape index (κ2) is 12.1.